The Kier molecular flexibility index (Phi) is 6.88. The van der Waals surface area contributed by atoms with Crippen LogP contribution in [-0.4, -0.2) is 48.2 Å². The van der Waals surface area contributed by atoms with Gasteiger partial charge in [-0.2, -0.15) is 0 Å². The lowest BCUT2D eigenvalue weighted by molar-refractivity contribution is -0.115. The van der Waals surface area contributed by atoms with E-state index in [1.807, 2.05) is 36.4 Å². The van der Waals surface area contributed by atoms with Crippen molar-refractivity contribution in [1.29, 1.82) is 0 Å². The Labute approximate surface area is 183 Å². The lowest BCUT2D eigenvalue weighted by Gasteiger charge is -2.28. The molecule has 0 atom stereocenters. The van der Waals surface area contributed by atoms with Gasteiger partial charge in [0.1, 0.15) is 0 Å². The molecule has 0 radical (unpaired) electrons. The van der Waals surface area contributed by atoms with Gasteiger partial charge in [-0.1, -0.05) is 29.4 Å². The summed E-state index contributed by atoms with van der Waals surface area (Å²) in [6.45, 7) is 3.27. The SMILES string of the molecule is O=C(CCSc1nnc(-c2cccc(Cl)c2)o1)Nc1ccc(N2CCOCC2)cc1. The molecule has 1 fully saturated rings. The van der Waals surface area contributed by atoms with E-state index >= 15 is 0 Å². The first-order valence-corrected chi connectivity index (χ1v) is 11.0. The molecule has 30 heavy (non-hydrogen) atoms. The molecular weight excluding hydrogens is 424 g/mol. The molecule has 1 aliphatic heterocycles. The number of anilines is 2. The fraction of sp³-hybridized carbons (Fsp3) is 0.286. The number of carbonyl (C=O) groups is 1. The molecule has 1 amide bonds. The maximum atomic E-state index is 12.2. The number of benzene rings is 2. The van der Waals surface area contributed by atoms with E-state index in [4.69, 9.17) is 20.8 Å². The quantitative estimate of drug-likeness (QED) is 0.542. The number of nitrogens with zero attached hydrogens (tertiary/aromatic N) is 3. The second-order valence-corrected chi connectivity index (χ2v) is 8.16. The highest BCUT2D eigenvalue weighted by Crippen LogP contribution is 2.25. The normalized spacial score (nSPS) is 14.0. The minimum atomic E-state index is -0.0591. The average molecular weight is 445 g/mol. The molecule has 3 aromatic rings. The summed E-state index contributed by atoms with van der Waals surface area (Å²) in [5.74, 6) is 0.885. The van der Waals surface area contributed by atoms with Crippen molar-refractivity contribution in [2.24, 2.45) is 0 Å². The maximum Gasteiger partial charge on any atom is 0.276 e. The minimum Gasteiger partial charge on any atom is -0.411 e. The standard InChI is InChI=1S/C21H21ClN4O3S/c22-16-3-1-2-15(14-16)20-24-25-21(29-20)30-13-8-19(27)23-17-4-6-18(7-5-17)26-9-11-28-12-10-26/h1-7,14H,8-13H2,(H,23,27). The Balaban J connectivity index is 1.23. The molecule has 156 valence electrons. The van der Waals surface area contributed by atoms with E-state index in [1.54, 1.807) is 12.1 Å². The maximum absolute atomic E-state index is 12.2. The molecule has 0 spiro atoms. The first-order chi connectivity index (χ1) is 14.7. The summed E-state index contributed by atoms with van der Waals surface area (Å²) in [5, 5.41) is 12.0. The summed E-state index contributed by atoms with van der Waals surface area (Å²) >= 11 is 7.34. The Morgan fingerprint density at radius 3 is 2.70 bits per heavy atom. The fourth-order valence-corrected chi connectivity index (χ4v) is 3.93. The zero-order chi connectivity index (χ0) is 20.8. The number of amides is 1. The number of thioether (sulfide) groups is 1. The van der Waals surface area contributed by atoms with Gasteiger partial charge in [-0.25, -0.2) is 0 Å². The number of hydrogen-bond donors (Lipinski definition) is 1. The second-order valence-electron chi connectivity index (χ2n) is 6.68. The van der Waals surface area contributed by atoms with E-state index < -0.39 is 0 Å². The highest BCUT2D eigenvalue weighted by atomic mass is 35.5. The fourth-order valence-electron chi connectivity index (χ4n) is 3.04. The topological polar surface area (TPSA) is 80.5 Å². The Hall–Kier alpha value is -2.55. The van der Waals surface area contributed by atoms with Crippen LogP contribution in [0.2, 0.25) is 5.02 Å². The summed E-state index contributed by atoms with van der Waals surface area (Å²) in [4.78, 5) is 14.5. The molecular formula is C21H21ClN4O3S. The van der Waals surface area contributed by atoms with Crippen molar-refractivity contribution in [3.63, 3.8) is 0 Å². The lowest BCUT2D eigenvalue weighted by atomic mass is 10.2. The summed E-state index contributed by atoms with van der Waals surface area (Å²) in [5.41, 5.74) is 2.68. The molecule has 2 aromatic carbocycles. The van der Waals surface area contributed by atoms with Gasteiger partial charge in [-0.15, -0.1) is 10.2 Å². The van der Waals surface area contributed by atoms with Crippen LogP contribution in [0, 0.1) is 0 Å². The van der Waals surface area contributed by atoms with Crippen molar-refractivity contribution < 1.29 is 13.9 Å². The molecule has 9 heteroatoms. The van der Waals surface area contributed by atoms with E-state index in [0.29, 0.717) is 28.3 Å². The van der Waals surface area contributed by atoms with Gasteiger partial charge >= 0.3 is 0 Å². The van der Waals surface area contributed by atoms with Crippen LogP contribution in [0.15, 0.2) is 58.2 Å². The first-order valence-electron chi connectivity index (χ1n) is 9.62. The average Bonchev–Trinajstić information content (AvgIpc) is 3.24. The number of ether oxygens (including phenoxy) is 1. The monoisotopic (exact) mass is 444 g/mol. The number of morpholine rings is 1. The Morgan fingerprint density at radius 2 is 1.93 bits per heavy atom. The van der Waals surface area contributed by atoms with Crippen molar-refractivity contribution in [3.05, 3.63) is 53.6 Å². The van der Waals surface area contributed by atoms with Crippen molar-refractivity contribution in [3.8, 4) is 11.5 Å². The molecule has 2 heterocycles. The van der Waals surface area contributed by atoms with Crippen LogP contribution in [0.4, 0.5) is 11.4 Å². The van der Waals surface area contributed by atoms with Gasteiger partial charge in [0.05, 0.1) is 13.2 Å². The third-order valence-corrected chi connectivity index (χ3v) is 5.62. The zero-order valence-corrected chi connectivity index (χ0v) is 17.8. The molecule has 0 aliphatic carbocycles. The van der Waals surface area contributed by atoms with Crippen molar-refractivity contribution in [1.82, 2.24) is 10.2 Å². The highest BCUT2D eigenvalue weighted by Gasteiger charge is 2.12. The van der Waals surface area contributed by atoms with Crippen LogP contribution in [0.25, 0.3) is 11.5 Å². The molecule has 1 aliphatic rings. The minimum absolute atomic E-state index is 0.0591. The Morgan fingerprint density at radius 1 is 1.13 bits per heavy atom. The molecule has 1 saturated heterocycles. The van der Waals surface area contributed by atoms with E-state index in [0.717, 1.165) is 43.2 Å². The third-order valence-electron chi connectivity index (χ3n) is 4.56. The van der Waals surface area contributed by atoms with Gasteiger partial charge in [0.25, 0.3) is 5.22 Å². The van der Waals surface area contributed by atoms with Crippen LogP contribution in [0.1, 0.15) is 6.42 Å². The summed E-state index contributed by atoms with van der Waals surface area (Å²) in [6, 6.07) is 15.1. The number of hydrogen-bond acceptors (Lipinski definition) is 7. The van der Waals surface area contributed by atoms with Gasteiger partial charge in [0, 0.05) is 47.2 Å². The number of halogens is 1. The summed E-state index contributed by atoms with van der Waals surface area (Å²) in [6.07, 6.45) is 0.338. The molecule has 0 unspecified atom stereocenters. The first kappa shape index (κ1) is 20.7. The van der Waals surface area contributed by atoms with Crippen LogP contribution in [0.5, 0.6) is 0 Å². The van der Waals surface area contributed by atoms with E-state index in [1.165, 1.54) is 11.8 Å². The molecule has 1 N–H and O–H groups in total. The lowest BCUT2D eigenvalue weighted by Crippen LogP contribution is -2.36. The number of carbonyl (C=O) groups excluding carboxylic acids is 1. The molecule has 4 rings (SSSR count). The predicted molar refractivity (Wildman–Crippen MR) is 118 cm³/mol. The molecule has 0 saturated carbocycles. The highest BCUT2D eigenvalue weighted by molar-refractivity contribution is 7.99. The largest absolute Gasteiger partial charge is 0.411 e. The van der Waals surface area contributed by atoms with Gasteiger partial charge in [0.15, 0.2) is 0 Å². The summed E-state index contributed by atoms with van der Waals surface area (Å²) < 4.78 is 11.0. The van der Waals surface area contributed by atoms with Crippen LogP contribution >= 0.6 is 23.4 Å². The molecule has 7 nitrogen and oxygen atoms in total. The molecule has 0 bridgehead atoms. The number of nitrogens with one attached hydrogen (secondary N) is 1. The van der Waals surface area contributed by atoms with Crippen LogP contribution < -0.4 is 10.2 Å². The smallest absolute Gasteiger partial charge is 0.276 e. The number of aromatic nitrogens is 2. The van der Waals surface area contributed by atoms with E-state index in [9.17, 15) is 4.79 Å². The van der Waals surface area contributed by atoms with E-state index in [2.05, 4.69) is 20.4 Å². The van der Waals surface area contributed by atoms with Crippen LogP contribution in [0.3, 0.4) is 0 Å². The van der Waals surface area contributed by atoms with Gasteiger partial charge in [0.2, 0.25) is 11.8 Å². The molecule has 1 aromatic heterocycles. The van der Waals surface area contributed by atoms with Gasteiger partial charge < -0.3 is 19.4 Å². The van der Waals surface area contributed by atoms with Crippen molar-refractivity contribution >= 4 is 40.6 Å². The van der Waals surface area contributed by atoms with E-state index in [-0.39, 0.29) is 5.91 Å². The van der Waals surface area contributed by atoms with Crippen molar-refractivity contribution in [2.45, 2.75) is 11.6 Å². The van der Waals surface area contributed by atoms with Crippen LogP contribution in [-0.2, 0) is 9.53 Å². The third kappa shape index (κ3) is 5.53. The number of rotatable bonds is 7. The Bertz CT molecular complexity index is 990. The second kappa shape index (κ2) is 9.97. The zero-order valence-electron chi connectivity index (χ0n) is 16.2. The summed E-state index contributed by atoms with van der Waals surface area (Å²) in [7, 11) is 0. The van der Waals surface area contributed by atoms with Crippen molar-refractivity contribution in [2.75, 3.05) is 42.3 Å². The van der Waals surface area contributed by atoms with Gasteiger partial charge in [-0.3, -0.25) is 4.79 Å². The van der Waals surface area contributed by atoms with Gasteiger partial charge in [-0.05, 0) is 42.5 Å². The predicted octanol–water partition coefficient (Wildman–Crippen LogP) is 4.35.